The quantitative estimate of drug-likeness (QED) is 0.367. The van der Waals surface area contributed by atoms with Crippen LogP contribution >= 0.6 is 0 Å². The molecule has 0 radical (unpaired) electrons. The van der Waals surface area contributed by atoms with Crippen molar-refractivity contribution in [3.63, 3.8) is 0 Å². The van der Waals surface area contributed by atoms with Crippen LogP contribution in [-0.2, 0) is 14.3 Å². The number of anilines is 2. The summed E-state index contributed by atoms with van der Waals surface area (Å²) < 4.78 is 10.4. The van der Waals surface area contributed by atoms with Crippen molar-refractivity contribution in [1.82, 2.24) is 0 Å². The maximum Gasteiger partial charge on any atom is 0.338 e. The summed E-state index contributed by atoms with van der Waals surface area (Å²) in [5.74, 6) is -1.28. The van der Waals surface area contributed by atoms with Crippen molar-refractivity contribution < 1.29 is 28.8 Å². The first-order valence-electron chi connectivity index (χ1n) is 10.4. The Labute approximate surface area is 190 Å². The zero-order chi connectivity index (χ0) is 24.1. The van der Waals surface area contributed by atoms with Gasteiger partial charge in [0.25, 0.3) is 5.69 Å². The molecule has 1 heterocycles. The lowest BCUT2D eigenvalue weighted by Gasteiger charge is -2.19. The SMILES string of the molecule is COc1cc([N+](=O)[O-])ccc1N1C[C@H](C(=O)Nc2ccc(C(=O)OCC(C)C)cc2)CC1=O. The van der Waals surface area contributed by atoms with E-state index in [1.54, 1.807) is 24.3 Å². The lowest BCUT2D eigenvalue weighted by atomic mass is 10.1. The zero-order valence-corrected chi connectivity index (χ0v) is 18.6. The second-order valence-electron chi connectivity index (χ2n) is 8.08. The first-order valence-corrected chi connectivity index (χ1v) is 10.4. The minimum Gasteiger partial charge on any atom is -0.494 e. The third kappa shape index (κ3) is 5.65. The number of nitro groups is 1. The number of rotatable bonds is 8. The van der Waals surface area contributed by atoms with Gasteiger partial charge in [0, 0.05) is 24.7 Å². The molecule has 10 nitrogen and oxygen atoms in total. The summed E-state index contributed by atoms with van der Waals surface area (Å²) in [5.41, 5.74) is 1.07. The molecule has 0 spiro atoms. The second kappa shape index (κ2) is 10.1. The highest BCUT2D eigenvalue weighted by Gasteiger charge is 2.36. The molecule has 1 aliphatic rings. The topological polar surface area (TPSA) is 128 Å². The third-order valence-electron chi connectivity index (χ3n) is 5.10. The highest BCUT2D eigenvalue weighted by Crippen LogP contribution is 2.36. The largest absolute Gasteiger partial charge is 0.494 e. The van der Waals surface area contributed by atoms with Crippen LogP contribution in [-0.4, -0.2) is 43.0 Å². The molecule has 10 heteroatoms. The summed E-state index contributed by atoms with van der Waals surface area (Å²) in [4.78, 5) is 49.1. The Morgan fingerprint density at radius 3 is 2.52 bits per heavy atom. The van der Waals surface area contributed by atoms with Gasteiger partial charge < -0.3 is 19.7 Å². The molecule has 0 aromatic heterocycles. The molecule has 0 saturated carbocycles. The van der Waals surface area contributed by atoms with E-state index in [1.165, 1.54) is 30.2 Å². The van der Waals surface area contributed by atoms with Crippen LogP contribution in [0.4, 0.5) is 17.1 Å². The number of carbonyl (C=O) groups is 3. The lowest BCUT2D eigenvalue weighted by molar-refractivity contribution is -0.384. The number of ether oxygens (including phenoxy) is 2. The van der Waals surface area contributed by atoms with Gasteiger partial charge in [-0.15, -0.1) is 0 Å². The van der Waals surface area contributed by atoms with Gasteiger partial charge in [0.05, 0.1) is 41.9 Å². The van der Waals surface area contributed by atoms with Crippen molar-refractivity contribution in [2.24, 2.45) is 11.8 Å². The number of benzene rings is 2. The van der Waals surface area contributed by atoms with Gasteiger partial charge in [-0.2, -0.15) is 0 Å². The summed E-state index contributed by atoms with van der Waals surface area (Å²) in [5, 5.41) is 13.7. The second-order valence-corrected chi connectivity index (χ2v) is 8.08. The molecule has 0 unspecified atom stereocenters. The van der Waals surface area contributed by atoms with Crippen molar-refractivity contribution in [2.75, 3.05) is 30.5 Å². The van der Waals surface area contributed by atoms with Crippen molar-refractivity contribution in [2.45, 2.75) is 20.3 Å². The van der Waals surface area contributed by atoms with Crippen molar-refractivity contribution in [3.05, 3.63) is 58.1 Å². The van der Waals surface area contributed by atoms with Gasteiger partial charge in [0.2, 0.25) is 11.8 Å². The Hall–Kier alpha value is -3.95. The van der Waals surface area contributed by atoms with Crippen LogP contribution in [0.2, 0.25) is 0 Å². The smallest absolute Gasteiger partial charge is 0.338 e. The molecular formula is C23H25N3O7. The predicted molar refractivity (Wildman–Crippen MR) is 120 cm³/mol. The molecular weight excluding hydrogens is 430 g/mol. The maximum absolute atomic E-state index is 12.7. The Kier molecular flexibility index (Phi) is 7.27. The fourth-order valence-electron chi connectivity index (χ4n) is 3.38. The standard InChI is InChI=1S/C23H25N3O7/c1-14(2)13-33-23(29)15-4-6-17(7-5-15)24-22(28)16-10-21(27)25(12-16)19-9-8-18(26(30)31)11-20(19)32-3/h4-9,11,14,16H,10,12-13H2,1-3H3,(H,24,28)/t16-/m1/s1. The number of nitrogens with one attached hydrogen (secondary N) is 1. The Bertz CT molecular complexity index is 1070. The first kappa shape index (κ1) is 23.7. The van der Waals surface area contributed by atoms with Gasteiger partial charge in [-0.05, 0) is 36.2 Å². The number of hydrogen-bond donors (Lipinski definition) is 1. The third-order valence-corrected chi connectivity index (χ3v) is 5.10. The summed E-state index contributed by atoms with van der Waals surface area (Å²) >= 11 is 0. The van der Waals surface area contributed by atoms with E-state index in [1.807, 2.05) is 13.8 Å². The molecule has 1 fully saturated rings. The van der Waals surface area contributed by atoms with Crippen molar-refractivity contribution in [3.8, 4) is 5.75 Å². The highest BCUT2D eigenvalue weighted by molar-refractivity contribution is 6.04. The minimum atomic E-state index is -0.618. The molecule has 1 aliphatic heterocycles. The number of nitro benzene ring substituents is 1. The van der Waals surface area contributed by atoms with Crippen LogP contribution in [0.3, 0.4) is 0 Å². The van der Waals surface area contributed by atoms with Crippen molar-refractivity contribution >= 4 is 34.8 Å². The fourth-order valence-corrected chi connectivity index (χ4v) is 3.38. The van der Waals surface area contributed by atoms with E-state index in [-0.39, 0.29) is 42.1 Å². The summed E-state index contributed by atoms with van der Waals surface area (Å²) in [6.07, 6.45) is -0.00835. The lowest BCUT2D eigenvalue weighted by Crippen LogP contribution is -2.28. The van der Waals surface area contributed by atoms with E-state index in [4.69, 9.17) is 9.47 Å². The van der Waals surface area contributed by atoms with E-state index in [0.717, 1.165) is 0 Å². The minimum absolute atomic E-state index is 0.00835. The number of esters is 1. The average Bonchev–Trinajstić information content (AvgIpc) is 3.18. The fraction of sp³-hybridized carbons (Fsp3) is 0.348. The molecule has 3 rings (SSSR count). The van der Waals surface area contributed by atoms with Crippen LogP contribution in [0.25, 0.3) is 0 Å². The van der Waals surface area contributed by atoms with Gasteiger partial charge in [0.15, 0.2) is 0 Å². The maximum atomic E-state index is 12.7. The van der Waals surface area contributed by atoms with Gasteiger partial charge in [-0.3, -0.25) is 19.7 Å². The molecule has 33 heavy (non-hydrogen) atoms. The molecule has 1 N–H and O–H groups in total. The first-order chi connectivity index (χ1) is 15.7. The number of non-ortho nitro benzene ring substituents is 1. The number of hydrogen-bond acceptors (Lipinski definition) is 7. The normalized spacial score (nSPS) is 15.5. The summed E-state index contributed by atoms with van der Waals surface area (Å²) in [7, 11) is 1.36. The van der Waals surface area contributed by atoms with Crippen LogP contribution in [0.1, 0.15) is 30.6 Å². The van der Waals surface area contributed by atoms with Gasteiger partial charge in [0.1, 0.15) is 5.75 Å². The van der Waals surface area contributed by atoms with Crippen molar-refractivity contribution in [1.29, 1.82) is 0 Å². The van der Waals surface area contributed by atoms with Crippen LogP contribution in [0.15, 0.2) is 42.5 Å². The van der Waals surface area contributed by atoms with Gasteiger partial charge >= 0.3 is 5.97 Å². The molecule has 1 saturated heterocycles. The van der Waals surface area contributed by atoms with E-state index < -0.39 is 16.8 Å². The predicted octanol–water partition coefficient (Wildman–Crippen LogP) is 3.41. The van der Waals surface area contributed by atoms with E-state index in [9.17, 15) is 24.5 Å². The highest BCUT2D eigenvalue weighted by atomic mass is 16.6. The monoisotopic (exact) mass is 455 g/mol. The molecule has 0 aliphatic carbocycles. The zero-order valence-electron chi connectivity index (χ0n) is 18.6. The molecule has 2 aromatic carbocycles. The summed E-state index contributed by atoms with van der Waals surface area (Å²) in [6.45, 7) is 4.32. The van der Waals surface area contributed by atoms with E-state index in [0.29, 0.717) is 23.5 Å². The van der Waals surface area contributed by atoms with Gasteiger partial charge in [-0.1, -0.05) is 13.8 Å². The molecule has 0 bridgehead atoms. The van der Waals surface area contributed by atoms with Crippen LogP contribution < -0.4 is 15.0 Å². The van der Waals surface area contributed by atoms with Gasteiger partial charge in [-0.25, -0.2) is 4.79 Å². The van der Waals surface area contributed by atoms with Crippen LogP contribution in [0.5, 0.6) is 5.75 Å². The Balaban J connectivity index is 1.65. The Morgan fingerprint density at radius 1 is 1.21 bits per heavy atom. The molecule has 1 atom stereocenters. The number of methoxy groups -OCH3 is 1. The van der Waals surface area contributed by atoms with Crippen LogP contribution in [0, 0.1) is 22.0 Å². The number of amides is 2. The van der Waals surface area contributed by atoms with E-state index >= 15 is 0 Å². The van der Waals surface area contributed by atoms with E-state index in [2.05, 4.69) is 5.32 Å². The average molecular weight is 455 g/mol. The summed E-state index contributed by atoms with van der Waals surface area (Å²) in [6, 6.07) is 10.3. The Morgan fingerprint density at radius 2 is 1.91 bits per heavy atom. The molecule has 2 aromatic rings. The molecule has 174 valence electrons. The molecule has 2 amide bonds. The number of nitrogens with zero attached hydrogens (tertiary/aromatic N) is 2. The number of carbonyl (C=O) groups excluding carboxylic acids is 3.